The van der Waals surface area contributed by atoms with Gasteiger partial charge in [0.25, 0.3) is 0 Å². The Morgan fingerprint density at radius 3 is 2.50 bits per heavy atom. The van der Waals surface area contributed by atoms with Gasteiger partial charge in [-0.25, -0.2) is 4.99 Å². The van der Waals surface area contributed by atoms with Gasteiger partial charge in [-0.1, -0.05) is 12.1 Å². The normalized spacial score (nSPS) is 12.2. The van der Waals surface area contributed by atoms with Crippen molar-refractivity contribution >= 4 is 5.96 Å². The van der Waals surface area contributed by atoms with Crippen molar-refractivity contribution in [2.24, 2.45) is 4.99 Å². The molecule has 0 amide bonds. The molecule has 0 aliphatic carbocycles. The van der Waals surface area contributed by atoms with E-state index in [1.165, 1.54) is 6.07 Å². The van der Waals surface area contributed by atoms with E-state index in [1.807, 2.05) is 6.92 Å². The topological polar surface area (TPSA) is 54.9 Å². The number of benzene rings is 1. The average molecular weight is 411 g/mol. The lowest BCUT2D eigenvalue weighted by Crippen LogP contribution is -2.37. The van der Waals surface area contributed by atoms with Crippen molar-refractivity contribution in [2.75, 3.05) is 19.7 Å². The van der Waals surface area contributed by atoms with Gasteiger partial charge in [-0.15, -0.1) is 0 Å². The summed E-state index contributed by atoms with van der Waals surface area (Å²) >= 11 is 0. The number of guanidine groups is 1. The number of unbranched alkanes of at least 4 members (excludes halogenated alkanes) is 1. The molecular formula is C18H26F5N3O2. The van der Waals surface area contributed by atoms with Crippen LogP contribution in [-0.2, 0) is 6.54 Å². The van der Waals surface area contributed by atoms with Gasteiger partial charge < -0.3 is 20.1 Å². The molecule has 0 heterocycles. The van der Waals surface area contributed by atoms with Gasteiger partial charge in [0.15, 0.2) is 17.5 Å². The third-order valence-electron chi connectivity index (χ3n) is 3.50. The SMILES string of the molecule is CCNC(=NCc1cccc(OCC)c1OC(F)F)NCCCCC(F)(F)F. The number of ether oxygens (including phenoxy) is 2. The standard InChI is InChI=1S/C18H26F5N3O2/c1-3-24-17(25-11-6-5-10-18(21,22)23)26-12-13-8-7-9-14(27-4-2)15(13)28-16(19)20/h7-9,16H,3-6,10-12H2,1-2H3,(H2,24,25,26). The molecule has 10 heteroatoms. The molecule has 160 valence electrons. The monoisotopic (exact) mass is 411 g/mol. The molecule has 2 N–H and O–H groups in total. The predicted octanol–water partition coefficient (Wildman–Crippen LogP) is 4.47. The van der Waals surface area contributed by atoms with E-state index in [-0.39, 0.29) is 31.1 Å². The Hall–Kier alpha value is -2.26. The first-order valence-electron chi connectivity index (χ1n) is 9.05. The van der Waals surface area contributed by atoms with Crippen molar-refractivity contribution in [1.29, 1.82) is 0 Å². The number of nitrogens with zero attached hydrogens (tertiary/aromatic N) is 1. The molecule has 0 saturated heterocycles. The molecule has 1 aromatic carbocycles. The summed E-state index contributed by atoms with van der Waals surface area (Å²) in [6.45, 7) is 1.71. The molecule has 0 saturated carbocycles. The Morgan fingerprint density at radius 2 is 1.89 bits per heavy atom. The second kappa shape index (κ2) is 12.2. The van der Waals surface area contributed by atoms with Crippen LogP contribution in [0.25, 0.3) is 0 Å². The number of halogens is 5. The Balaban J connectivity index is 2.76. The van der Waals surface area contributed by atoms with Crippen LogP contribution in [-0.4, -0.2) is 38.4 Å². The number of hydrogen-bond acceptors (Lipinski definition) is 3. The molecule has 5 nitrogen and oxygen atoms in total. The highest BCUT2D eigenvalue weighted by Crippen LogP contribution is 2.33. The third-order valence-corrected chi connectivity index (χ3v) is 3.50. The molecule has 0 fully saturated rings. The maximum absolute atomic E-state index is 12.7. The van der Waals surface area contributed by atoms with E-state index in [9.17, 15) is 22.0 Å². The first kappa shape index (κ1) is 23.8. The lowest BCUT2D eigenvalue weighted by Gasteiger charge is -2.15. The molecule has 0 radical (unpaired) electrons. The zero-order chi connectivity index (χ0) is 21.0. The summed E-state index contributed by atoms with van der Waals surface area (Å²) in [4.78, 5) is 4.29. The Kier molecular flexibility index (Phi) is 10.4. The number of hydrogen-bond donors (Lipinski definition) is 2. The summed E-state index contributed by atoms with van der Waals surface area (Å²) < 4.78 is 71.9. The molecular weight excluding hydrogens is 385 g/mol. The van der Waals surface area contributed by atoms with E-state index in [2.05, 4.69) is 20.4 Å². The minimum Gasteiger partial charge on any atom is -0.490 e. The highest BCUT2D eigenvalue weighted by molar-refractivity contribution is 5.79. The van der Waals surface area contributed by atoms with Crippen LogP contribution in [0.2, 0.25) is 0 Å². The summed E-state index contributed by atoms with van der Waals surface area (Å²) in [6, 6.07) is 4.76. The van der Waals surface area contributed by atoms with Gasteiger partial charge in [0.1, 0.15) is 0 Å². The zero-order valence-corrected chi connectivity index (χ0v) is 15.9. The molecule has 0 aromatic heterocycles. The lowest BCUT2D eigenvalue weighted by molar-refractivity contribution is -0.135. The summed E-state index contributed by atoms with van der Waals surface area (Å²) in [5, 5.41) is 5.88. The largest absolute Gasteiger partial charge is 0.490 e. The van der Waals surface area contributed by atoms with E-state index in [0.29, 0.717) is 31.0 Å². The van der Waals surface area contributed by atoms with Crippen LogP contribution in [0.15, 0.2) is 23.2 Å². The fourth-order valence-electron chi connectivity index (χ4n) is 2.34. The molecule has 0 atom stereocenters. The van der Waals surface area contributed by atoms with Crippen molar-refractivity contribution < 1.29 is 31.4 Å². The molecule has 1 aromatic rings. The van der Waals surface area contributed by atoms with Gasteiger partial charge in [-0.2, -0.15) is 22.0 Å². The fourth-order valence-corrected chi connectivity index (χ4v) is 2.34. The summed E-state index contributed by atoms with van der Waals surface area (Å²) in [7, 11) is 0. The van der Waals surface area contributed by atoms with Crippen molar-refractivity contribution in [3.05, 3.63) is 23.8 Å². The van der Waals surface area contributed by atoms with Crippen LogP contribution in [0, 0.1) is 0 Å². The Bertz CT molecular complexity index is 609. The van der Waals surface area contributed by atoms with Crippen LogP contribution in [0.1, 0.15) is 38.7 Å². The number of rotatable bonds is 11. The third kappa shape index (κ3) is 9.61. The maximum Gasteiger partial charge on any atom is 0.389 e. The van der Waals surface area contributed by atoms with Crippen LogP contribution in [0.4, 0.5) is 22.0 Å². The lowest BCUT2D eigenvalue weighted by atomic mass is 10.2. The molecule has 0 aliphatic rings. The predicted molar refractivity (Wildman–Crippen MR) is 97.0 cm³/mol. The molecule has 0 bridgehead atoms. The Morgan fingerprint density at radius 1 is 1.14 bits per heavy atom. The highest BCUT2D eigenvalue weighted by Gasteiger charge is 2.25. The van der Waals surface area contributed by atoms with E-state index < -0.39 is 19.2 Å². The quantitative estimate of drug-likeness (QED) is 0.244. The highest BCUT2D eigenvalue weighted by atomic mass is 19.4. The summed E-state index contributed by atoms with van der Waals surface area (Å²) in [6.07, 6.45) is -4.66. The van der Waals surface area contributed by atoms with Crippen molar-refractivity contribution in [3.8, 4) is 11.5 Å². The molecule has 0 unspecified atom stereocenters. The molecule has 0 spiro atoms. The number of para-hydroxylation sites is 1. The molecule has 0 aliphatic heterocycles. The van der Waals surface area contributed by atoms with E-state index in [0.717, 1.165) is 0 Å². The minimum absolute atomic E-state index is 0.0126. The summed E-state index contributed by atoms with van der Waals surface area (Å²) in [5.74, 6) is 0.490. The van der Waals surface area contributed by atoms with Gasteiger partial charge in [-0.3, -0.25) is 0 Å². The Labute approximate surface area is 161 Å². The number of alkyl halides is 5. The molecule has 28 heavy (non-hydrogen) atoms. The van der Waals surface area contributed by atoms with Gasteiger partial charge >= 0.3 is 12.8 Å². The van der Waals surface area contributed by atoms with Crippen molar-refractivity contribution in [3.63, 3.8) is 0 Å². The molecule has 1 rings (SSSR count). The van der Waals surface area contributed by atoms with Crippen LogP contribution in [0.3, 0.4) is 0 Å². The fraction of sp³-hybridized carbons (Fsp3) is 0.611. The van der Waals surface area contributed by atoms with Crippen molar-refractivity contribution in [1.82, 2.24) is 10.6 Å². The van der Waals surface area contributed by atoms with Crippen LogP contribution >= 0.6 is 0 Å². The van der Waals surface area contributed by atoms with E-state index in [1.54, 1.807) is 19.1 Å². The first-order valence-corrected chi connectivity index (χ1v) is 9.05. The van der Waals surface area contributed by atoms with Gasteiger partial charge in [0.2, 0.25) is 0 Å². The maximum atomic E-state index is 12.7. The van der Waals surface area contributed by atoms with E-state index >= 15 is 0 Å². The zero-order valence-electron chi connectivity index (χ0n) is 15.9. The van der Waals surface area contributed by atoms with Gasteiger partial charge in [-0.05, 0) is 32.8 Å². The van der Waals surface area contributed by atoms with Gasteiger partial charge in [0, 0.05) is 25.1 Å². The number of nitrogens with one attached hydrogen (secondary N) is 2. The summed E-state index contributed by atoms with van der Waals surface area (Å²) in [5.41, 5.74) is 0.403. The smallest absolute Gasteiger partial charge is 0.389 e. The van der Waals surface area contributed by atoms with Crippen molar-refractivity contribution in [2.45, 2.75) is 52.4 Å². The second-order valence-electron chi connectivity index (χ2n) is 5.75. The average Bonchev–Trinajstić information content (AvgIpc) is 2.60. The minimum atomic E-state index is -4.16. The first-order chi connectivity index (χ1) is 13.3. The van der Waals surface area contributed by atoms with Crippen LogP contribution < -0.4 is 20.1 Å². The second-order valence-corrected chi connectivity index (χ2v) is 5.75. The number of aliphatic imine (C=N–C) groups is 1. The van der Waals surface area contributed by atoms with Gasteiger partial charge in [0.05, 0.1) is 13.2 Å². The van der Waals surface area contributed by atoms with Crippen LogP contribution in [0.5, 0.6) is 11.5 Å². The van der Waals surface area contributed by atoms with E-state index in [4.69, 9.17) is 4.74 Å².